The number of urea groups is 1. The molecule has 0 bridgehead atoms. The highest BCUT2D eigenvalue weighted by molar-refractivity contribution is 6.09. The summed E-state index contributed by atoms with van der Waals surface area (Å²) < 4.78 is 0. The Balaban J connectivity index is 1.75. The number of carbonyl (C=O) groups excluding carboxylic acids is 3. The largest absolute Gasteiger partial charge is 0.341 e. The Labute approximate surface area is 135 Å². The quantitative estimate of drug-likeness (QED) is 0.859. The smallest absolute Gasteiger partial charge is 0.325 e. The number of nitrogens with zero attached hydrogens (tertiary/aromatic N) is 2. The Morgan fingerprint density at radius 1 is 1.13 bits per heavy atom. The van der Waals surface area contributed by atoms with Crippen LogP contribution in [0.4, 0.5) is 4.79 Å². The maximum Gasteiger partial charge on any atom is 0.325 e. The first-order valence-electron chi connectivity index (χ1n) is 8.00. The summed E-state index contributed by atoms with van der Waals surface area (Å²) in [6, 6.07) is 8.59. The molecule has 2 heterocycles. The highest BCUT2D eigenvalue weighted by Gasteiger charge is 2.49. The number of carbonyl (C=O) groups is 3. The fourth-order valence-corrected chi connectivity index (χ4v) is 3.19. The van der Waals surface area contributed by atoms with Crippen LogP contribution in [-0.2, 0) is 15.1 Å². The van der Waals surface area contributed by atoms with Gasteiger partial charge in [-0.15, -0.1) is 0 Å². The van der Waals surface area contributed by atoms with Gasteiger partial charge in [0.1, 0.15) is 12.1 Å². The van der Waals surface area contributed by atoms with E-state index in [4.69, 9.17) is 0 Å². The van der Waals surface area contributed by atoms with Crippen molar-refractivity contribution in [1.29, 1.82) is 0 Å². The molecule has 0 radical (unpaired) electrons. The first kappa shape index (κ1) is 15.5. The summed E-state index contributed by atoms with van der Waals surface area (Å²) in [7, 11) is 0. The molecule has 1 N–H and O–H groups in total. The lowest BCUT2D eigenvalue weighted by Gasteiger charge is -2.28. The van der Waals surface area contributed by atoms with E-state index >= 15 is 0 Å². The third-order valence-electron chi connectivity index (χ3n) is 4.63. The Morgan fingerprint density at radius 2 is 1.78 bits per heavy atom. The summed E-state index contributed by atoms with van der Waals surface area (Å²) >= 11 is 0. The van der Waals surface area contributed by atoms with Crippen molar-refractivity contribution in [3.63, 3.8) is 0 Å². The molecule has 2 saturated heterocycles. The molecular weight excluding hydrogens is 294 g/mol. The average molecular weight is 315 g/mol. The van der Waals surface area contributed by atoms with E-state index in [1.807, 2.05) is 18.2 Å². The fraction of sp³-hybridized carbons (Fsp3) is 0.471. The highest BCUT2D eigenvalue weighted by Crippen LogP contribution is 2.28. The number of benzene rings is 1. The van der Waals surface area contributed by atoms with Gasteiger partial charge in [0.2, 0.25) is 5.91 Å². The van der Waals surface area contributed by atoms with Crippen molar-refractivity contribution in [1.82, 2.24) is 15.1 Å². The van der Waals surface area contributed by atoms with Gasteiger partial charge in [0.25, 0.3) is 5.91 Å². The Morgan fingerprint density at radius 3 is 2.43 bits per heavy atom. The first-order valence-corrected chi connectivity index (χ1v) is 8.00. The number of hydrogen-bond acceptors (Lipinski definition) is 3. The van der Waals surface area contributed by atoms with Crippen LogP contribution in [-0.4, -0.2) is 47.3 Å². The van der Waals surface area contributed by atoms with Gasteiger partial charge in [-0.05, 0) is 31.7 Å². The summed E-state index contributed by atoms with van der Waals surface area (Å²) in [6.07, 6.45) is 3.08. The molecule has 2 aliphatic rings. The minimum atomic E-state index is -1.11. The third-order valence-corrected chi connectivity index (χ3v) is 4.63. The van der Waals surface area contributed by atoms with Crippen LogP contribution in [0.25, 0.3) is 0 Å². The van der Waals surface area contributed by atoms with E-state index in [2.05, 4.69) is 5.32 Å². The van der Waals surface area contributed by atoms with E-state index in [1.54, 1.807) is 24.0 Å². The van der Waals surface area contributed by atoms with Gasteiger partial charge in [-0.25, -0.2) is 4.79 Å². The second kappa shape index (κ2) is 6.02. The second-order valence-corrected chi connectivity index (χ2v) is 6.25. The summed E-state index contributed by atoms with van der Waals surface area (Å²) in [4.78, 5) is 40.1. The number of imide groups is 1. The minimum absolute atomic E-state index is 0.162. The lowest BCUT2D eigenvalue weighted by atomic mass is 9.92. The van der Waals surface area contributed by atoms with Gasteiger partial charge in [0.15, 0.2) is 0 Å². The normalized spacial score (nSPS) is 24.7. The molecule has 122 valence electrons. The predicted octanol–water partition coefficient (Wildman–Crippen LogP) is 1.47. The molecule has 0 saturated carbocycles. The van der Waals surface area contributed by atoms with Crippen molar-refractivity contribution in [3.05, 3.63) is 35.9 Å². The van der Waals surface area contributed by atoms with E-state index in [-0.39, 0.29) is 18.4 Å². The Kier molecular flexibility index (Phi) is 4.07. The number of hydrogen-bond donors (Lipinski definition) is 1. The fourth-order valence-electron chi connectivity index (χ4n) is 3.19. The average Bonchev–Trinajstić information content (AvgIpc) is 2.81. The molecule has 3 rings (SSSR count). The Hall–Kier alpha value is -2.37. The van der Waals surface area contributed by atoms with Crippen LogP contribution in [0, 0.1) is 0 Å². The van der Waals surface area contributed by atoms with Crippen LogP contribution < -0.4 is 5.32 Å². The molecule has 1 aromatic carbocycles. The van der Waals surface area contributed by atoms with Crippen molar-refractivity contribution in [2.75, 3.05) is 19.6 Å². The van der Waals surface area contributed by atoms with Gasteiger partial charge >= 0.3 is 6.03 Å². The molecule has 23 heavy (non-hydrogen) atoms. The van der Waals surface area contributed by atoms with Crippen molar-refractivity contribution in [2.24, 2.45) is 0 Å². The predicted molar refractivity (Wildman–Crippen MR) is 84.5 cm³/mol. The van der Waals surface area contributed by atoms with Crippen LogP contribution in [0.15, 0.2) is 30.3 Å². The van der Waals surface area contributed by atoms with Crippen LogP contribution in [0.1, 0.15) is 31.7 Å². The van der Waals surface area contributed by atoms with Crippen molar-refractivity contribution < 1.29 is 14.4 Å². The third kappa shape index (κ3) is 2.81. The van der Waals surface area contributed by atoms with Crippen molar-refractivity contribution in [3.8, 4) is 0 Å². The van der Waals surface area contributed by atoms with Gasteiger partial charge in [0.05, 0.1) is 0 Å². The number of piperidine rings is 1. The lowest BCUT2D eigenvalue weighted by molar-refractivity contribution is -0.139. The Bertz CT molecular complexity index is 625. The number of likely N-dealkylation sites (tertiary alicyclic amines) is 1. The summed E-state index contributed by atoms with van der Waals surface area (Å²) in [6.45, 7) is 2.90. The van der Waals surface area contributed by atoms with Gasteiger partial charge in [-0.1, -0.05) is 30.3 Å². The number of amides is 4. The molecule has 0 aliphatic carbocycles. The van der Waals surface area contributed by atoms with E-state index in [1.165, 1.54) is 0 Å². The topological polar surface area (TPSA) is 69.7 Å². The number of rotatable bonds is 3. The van der Waals surface area contributed by atoms with Crippen LogP contribution >= 0.6 is 0 Å². The molecule has 2 aliphatic heterocycles. The lowest BCUT2D eigenvalue weighted by Crippen LogP contribution is -2.45. The zero-order valence-electron chi connectivity index (χ0n) is 13.2. The maximum atomic E-state index is 12.7. The number of nitrogens with one attached hydrogen (secondary N) is 1. The van der Waals surface area contributed by atoms with E-state index < -0.39 is 11.6 Å². The van der Waals surface area contributed by atoms with E-state index in [9.17, 15) is 14.4 Å². The van der Waals surface area contributed by atoms with Crippen molar-refractivity contribution >= 4 is 17.8 Å². The monoisotopic (exact) mass is 315 g/mol. The van der Waals surface area contributed by atoms with E-state index in [0.29, 0.717) is 18.7 Å². The van der Waals surface area contributed by atoms with E-state index in [0.717, 1.165) is 24.2 Å². The SMILES string of the molecule is C[C@]1(c2ccccc2)NC(=O)N(CC(=O)N2CCCCC2)C1=O. The van der Waals surface area contributed by atoms with Gasteiger partial charge in [-0.3, -0.25) is 14.5 Å². The van der Waals surface area contributed by atoms with Crippen LogP contribution in [0.5, 0.6) is 0 Å². The molecule has 0 spiro atoms. The molecule has 1 atom stereocenters. The molecule has 4 amide bonds. The summed E-state index contributed by atoms with van der Waals surface area (Å²) in [5.41, 5.74) is -0.396. The van der Waals surface area contributed by atoms with Crippen LogP contribution in [0.2, 0.25) is 0 Å². The minimum Gasteiger partial charge on any atom is -0.341 e. The molecule has 2 fully saturated rings. The highest BCUT2D eigenvalue weighted by atomic mass is 16.2. The van der Waals surface area contributed by atoms with Gasteiger partial charge < -0.3 is 10.2 Å². The molecule has 0 unspecified atom stereocenters. The standard InChI is InChI=1S/C17H21N3O3/c1-17(13-8-4-2-5-9-13)15(22)20(16(23)18-17)12-14(21)19-10-6-3-7-11-19/h2,4-5,8-9H,3,6-7,10-12H2,1H3,(H,18,23)/t17-/m1/s1. The van der Waals surface area contributed by atoms with Crippen LogP contribution in [0.3, 0.4) is 0 Å². The van der Waals surface area contributed by atoms with Crippen molar-refractivity contribution in [2.45, 2.75) is 31.7 Å². The molecule has 1 aromatic rings. The molecular formula is C17H21N3O3. The second-order valence-electron chi connectivity index (χ2n) is 6.25. The van der Waals surface area contributed by atoms with Gasteiger partial charge in [-0.2, -0.15) is 0 Å². The molecule has 0 aromatic heterocycles. The zero-order valence-corrected chi connectivity index (χ0v) is 13.2. The zero-order chi connectivity index (χ0) is 16.4. The summed E-state index contributed by atoms with van der Waals surface area (Å²) in [5, 5.41) is 2.72. The molecule has 6 nitrogen and oxygen atoms in total. The molecule has 6 heteroatoms. The first-order chi connectivity index (χ1) is 11.0. The maximum absolute atomic E-state index is 12.7. The summed E-state index contributed by atoms with van der Waals surface area (Å²) in [5.74, 6) is -0.537. The van der Waals surface area contributed by atoms with Gasteiger partial charge in [0, 0.05) is 13.1 Å².